The number of oxazole rings is 1. The number of aryl methyl sites for hydroxylation is 1. The normalized spacial score (nSPS) is 10.8. The molecule has 0 aliphatic carbocycles. The second kappa shape index (κ2) is 8.85. The van der Waals surface area contributed by atoms with Crippen molar-refractivity contribution in [3.8, 4) is 11.5 Å². The Hall–Kier alpha value is -2.64. The number of rotatable bonds is 3. The van der Waals surface area contributed by atoms with Gasteiger partial charge in [-0.15, -0.1) is 0 Å². The van der Waals surface area contributed by atoms with Crippen LogP contribution in [0.2, 0.25) is 15.1 Å². The van der Waals surface area contributed by atoms with Crippen LogP contribution < -0.4 is 10.6 Å². The predicted octanol–water partition coefficient (Wildman–Crippen LogP) is 6.89. The molecular weight excluding hydrogens is 477 g/mol. The summed E-state index contributed by atoms with van der Waals surface area (Å²) in [7, 11) is 0. The Morgan fingerprint density at radius 2 is 1.74 bits per heavy atom. The molecule has 0 bridgehead atoms. The van der Waals surface area contributed by atoms with Gasteiger partial charge in [-0.3, -0.25) is 10.1 Å². The molecule has 0 spiro atoms. The molecule has 4 rings (SSSR count). The molecule has 0 atom stereocenters. The molecule has 0 unspecified atom stereocenters. The van der Waals surface area contributed by atoms with Gasteiger partial charge in [0.15, 0.2) is 10.7 Å². The van der Waals surface area contributed by atoms with Crippen molar-refractivity contribution in [1.29, 1.82) is 0 Å². The monoisotopic (exact) mass is 489 g/mol. The number of nitrogens with zero attached hydrogens (tertiary/aromatic N) is 1. The fourth-order valence-electron chi connectivity index (χ4n) is 2.90. The highest BCUT2D eigenvalue weighted by Gasteiger charge is 2.14. The van der Waals surface area contributed by atoms with Crippen LogP contribution in [-0.2, 0) is 0 Å². The zero-order valence-electron chi connectivity index (χ0n) is 16.0. The summed E-state index contributed by atoms with van der Waals surface area (Å²) < 4.78 is 5.83. The van der Waals surface area contributed by atoms with E-state index in [0.29, 0.717) is 48.9 Å². The number of amides is 1. The second-order valence-electron chi connectivity index (χ2n) is 6.70. The molecule has 0 saturated heterocycles. The van der Waals surface area contributed by atoms with Crippen LogP contribution in [-0.4, -0.2) is 16.0 Å². The summed E-state index contributed by atoms with van der Waals surface area (Å²) in [5.74, 6) is 0.0479. The third-order valence-electron chi connectivity index (χ3n) is 4.48. The number of hydrogen-bond donors (Lipinski definition) is 2. The molecule has 0 saturated carbocycles. The number of thiocarbonyl (C=S) groups is 1. The second-order valence-corrected chi connectivity index (χ2v) is 8.39. The Morgan fingerprint density at radius 3 is 2.48 bits per heavy atom. The molecule has 1 heterocycles. The third kappa shape index (κ3) is 4.83. The number of carbonyl (C=O) groups is 1. The van der Waals surface area contributed by atoms with Crippen LogP contribution in [0.25, 0.3) is 22.6 Å². The first-order chi connectivity index (χ1) is 14.8. The van der Waals surface area contributed by atoms with Crippen LogP contribution >= 0.6 is 47.0 Å². The van der Waals surface area contributed by atoms with Crippen molar-refractivity contribution >= 4 is 74.8 Å². The third-order valence-corrected chi connectivity index (χ3v) is 5.43. The Labute approximate surface area is 198 Å². The highest BCUT2D eigenvalue weighted by atomic mass is 35.5. The quantitative estimate of drug-likeness (QED) is 0.306. The molecule has 1 aromatic heterocycles. The van der Waals surface area contributed by atoms with Crippen molar-refractivity contribution in [1.82, 2.24) is 10.3 Å². The molecule has 9 heteroatoms. The molecule has 0 fully saturated rings. The van der Waals surface area contributed by atoms with Crippen LogP contribution in [0.15, 0.2) is 59.0 Å². The number of anilines is 1. The Morgan fingerprint density at radius 1 is 1.00 bits per heavy atom. The van der Waals surface area contributed by atoms with Crippen LogP contribution in [0, 0.1) is 6.92 Å². The number of benzene rings is 3. The molecular formula is C22H14Cl3N3O2S. The lowest BCUT2D eigenvalue weighted by atomic mass is 10.1. The van der Waals surface area contributed by atoms with Gasteiger partial charge >= 0.3 is 0 Å². The first-order valence-electron chi connectivity index (χ1n) is 9.04. The van der Waals surface area contributed by atoms with E-state index in [9.17, 15) is 4.79 Å². The van der Waals surface area contributed by atoms with E-state index in [1.54, 1.807) is 36.4 Å². The highest BCUT2D eigenvalue weighted by Crippen LogP contribution is 2.33. The largest absolute Gasteiger partial charge is 0.435 e. The maximum Gasteiger partial charge on any atom is 0.257 e. The Bertz CT molecular complexity index is 1320. The minimum atomic E-state index is -0.339. The van der Waals surface area contributed by atoms with Crippen molar-refractivity contribution in [2.45, 2.75) is 6.92 Å². The SMILES string of the molecule is Cc1ccc(-c2nc3cc(Cl)cc(Cl)c3o2)cc1NC(=S)NC(=O)c1ccc(Cl)cc1. The lowest BCUT2D eigenvalue weighted by Gasteiger charge is -2.12. The van der Waals surface area contributed by atoms with Crippen LogP contribution in [0.4, 0.5) is 5.69 Å². The molecule has 3 aromatic carbocycles. The predicted molar refractivity (Wildman–Crippen MR) is 129 cm³/mol. The topological polar surface area (TPSA) is 67.2 Å². The minimum absolute atomic E-state index is 0.160. The van der Waals surface area contributed by atoms with Gasteiger partial charge in [-0.25, -0.2) is 4.98 Å². The number of carbonyl (C=O) groups excluding carboxylic acids is 1. The summed E-state index contributed by atoms with van der Waals surface area (Å²) in [6.07, 6.45) is 0. The maximum atomic E-state index is 12.4. The highest BCUT2D eigenvalue weighted by molar-refractivity contribution is 7.80. The van der Waals surface area contributed by atoms with Gasteiger partial charge in [0.25, 0.3) is 5.91 Å². The first kappa shape index (κ1) is 21.6. The van der Waals surface area contributed by atoms with E-state index >= 15 is 0 Å². The van der Waals surface area contributed by atoms with Crippen LogP contribution in [0.1, 0.15) is 15.9 Å². The van der Waals surface area contributed by atoms with E-state index in [0.717, 1.165) is 5.56 Å². The zero-order valence-corrected chi connectivity index (χ0v) is 19.1. The van der Waals surface area contributed by atoms with Crippen molar-refractivity contribution in [2.75, 3.05) is 5.32 Å². The van der Waals surface area contributed by atoms with E-state index < -0.39 is 0 Å². The molecule has 5 nitrogen and oxygen atoms in total. The average molecular weight is 491 g/mol. The number of nitrogens with one attached hydrogen (secondary N) is 2. The lowest BCUT2D eigenvalue weighted by molar-refractivity contribution is 0.0977. The van der Waals surface area contributed by atoms with Crippen molar-refractivity contribution in [3.63, 3.8) is 0 Å². The van der Waals surface area contributed by atoms with Gasteiger partial charge in [0.2, 0.25) is 5.89 Å². The summed E-state index contributed by atoms with van der Waals surface area (Å²) in [5.41, 5.74) is 3.80. The van der Waals surface area contributed by atoms with Crippen molar-refractivity contribution < 1.29 is 9.21 Å². The summed E-state index contributed by atoms with van der Waals surface area (Å²) in [5, 5.41) is 7.27. The van der Waals surface area contributed by atoms with E-state index in [-0.39, 0.29) is 11.0 Å². The molecule has 1 amide bonds. The van der Waals surface area contributed by atoms with E-state index in [2.05, 4.69) is 15.6 Å². The average Bonchev–Trinajstić information content (AvgIpc) is 3.14. The summed E-state index contributed by atoms with van der Waals surface area (Å²) >= 11 is 23.4. The minimum Gasteiger partial charge on any atom is -0.435 e. The van der Waals surface area contributed by atoms with E-state index in [1.165, 1.54) is 0 Å². The summed E-state index contributed by atoms with van der Waals surface area (Å²) in [6.45, 7) is 1.92. The zero-order chi connectivity index (χ0) is 22.1. The molecule has 0 aliphatic rings. The number of fused-ring (bicyclic) bond motifs is 1. The number of aromatic nitrogens is 1. The molecule has 4 aromatic rings. The molecule has 2 N–H and O–H groups in total. The van der Waals surface area contributed by atoms with Crippen molar-refractivity contribution in [2.24, 2.45) is 0 Å². The molecule has 156 valence electrons. The van der Waals surface area contributed by atoms with Crippen LogP contribution in [0.5, 0.6) is 0 Å². The van der Waals surface area contributed by atoms with Crippen molar-refractivity contribution in [3.05, 3.63) is 80.8 Å². The number of hydrogen-bond acceptors (Lipinski definition) is 4. The standard InChI is InChI=1S/C22H14Cl3N3O2S/c1-11-2-3-13(21-26-18-10-15(24)9-16(25)19(18)30-21)8-17(11)27-22(31)28-20(29)12-4-6-14(23)7-5-12/h2-10H,1H3,(H2,27,28,29,31). The fraction of sp³-hybridized carbons (Fsp3) is 0.0455. The Kier molecular flexibility index (Phi) is 6.16. The fourth-order valence-corrected chi connectivity index (χ4v) is 3.75. The van der Waals surface area contributed by atoms with E-state index in [4.69, 9.17) is 51.4 Å². The van der Waals surface area contributed by atoms with Crippen LogP contribution in [0.3, 0.4) is 0 Å². The Balaban J connectivity index is 1.55. The van der Waals surface area contributed by atoms with Gasteiger partial charge in [-0.05, 0) is 73.2 Å². The van der Waals surface area contributed by atoms with Gasteiger partial charge in [-0.1, -0.05) is 40.9 Å². The molecule has 31 heavy (non-hydrogen) atoms. The number of halogens is 3. The van der Waals surface area contributed by atoms with Gasteiger partial charge in [0.05, 0.1) is 5.02 Å². The molecule has 0 aliphatic heterocycles. The first-order valence-corrected chi connectivity index (χ1v) is 10.6. The smallest absolute Gasteiger partial charge is 0.257 e. The van der Waals surface area contributed by atoms with Gasteiger partial charge in [0.1, 0.15) is 5.52 Å². The van der Waals surface area contributed by atoms with Gasteiger partial charge in [0, 0.05) is 26.9 Å². The van der Waals surface area contributed by atoms with Gasteiger partial charge < -0.3 is 9.73 Å². The summed E-state index contributed by atoms with van der Waals surface area (Å²) in [4.78, 5) is 16.8. The van der Waals surface area contributed by atoms with Gasteiger partial charge in [-0.2, -0.15) is 0 Å². The summed E-state index contributed by atoms with van der Waals surface area (Å²) in [6, 6.07) is 15.4. The lowest BCUT2D eigenvalue weighted by Crippen LogP contribution is -2.34. The maximum absolute atomic E-state index is 12.4. The van der Waals surface area contributed by atoms with E-state index in [1.807, 2.05) is 25.1 Å². The molecule has 0 radical (unpaired) electrons.